The van der Waals surface area contributed by atoms with Crippen molar-refractivity contribution in [2.75, 3.05) is 24.2 Å². The maximum absolute atomic E-state index is 6.14. The summed E-state index contributed by atoms with van der Waals surface area (Å²) in [5, 5.41) is 4.42. The molecule has 0 aromatic carbocycles. The Balaban J connectivity index is 1.67. The molecule has 0 saturated carbocycles. The first-order chi connectivity index (χ1) is 13.5. The van der Waals surface area contributed by atoms with E-state index in [2.05, 4.69) is 51.9 Å². The second kappa shape index (κ2) is 7.26. The van der Waals surface area contributed by atoms with Gasteiger partial charge in [-0.05, 0) is 30.2 Å². The van der Waals surface area contributed by atoms with Gasteiger partial charge in [0.2, 0.25) is 0 Å². The van der Waals surface area contributed by atoms with Gasteiger partial charge in [0.25, 0.3) is 0 Å². The molecule has 0 fully saturated rings. The van der Waals surface area contributed by atoms with Crippen LogP contribution in [0.15, 0.2) is 55.1 Å². The van der Waals surface area contributed by atoms with E-state index in [-0.39, 0.29) is 0 Å². The van der Waals surface area contributed by atoms with Crippen molar-refractivity contribution < 1.29 is 0 Å². The molecule has 4 heterocycles. The van der Waals surface area contributed by atoms with Crippen LogP contribution in [0, 0.1) is 5.92 Å². The number of aromatic nitrogens is 5. The minimum absolute atomic E-state index is 0.409. The lowest BCUT2D eigenvalue weighted by molar-refractivity contribution is 0.635. The summed E-state index contributed by atoms with van der Waals surface area (Å²) in [5.74, 6) is 1.94. The lowest BCUT2D eigenvalue weighted by Crippen LogP contribution is -2.23. The second-order valence-corrected chi connectivity index (χ2v) is 7.27. The van der Waals surface area contributed by atoms with Gasteiger partial charge in [-0.25, -0.2) is 14.5 Å². The zero-order valence-corrected chi connectivity index (χ0v) is 16.2. The Morgan fingerprint density at radius 2 is 1.86 bits per heavy atom. The monoisotopic (exact) mass is 373 g/mol. The third-order valence-electron chi connectivity index (χ3n) is 4.53. The molecule has 0 aliphatic carbocycles. The fraction of sp³-hybridized carbons (Fsp3) is 0.238. The Morgan fingerprint density at radius 3 is 2.54 bits per heavy atom. The molecule has 142 valence electrons. The zero-order valence-electron chi connectivity index (χ0n) is 16.2. The van der Waals surface area contributed by atoms with E-state index < -0.39 is 0 Å². The summed E-state index contributed by atoms with van der Waals surface area (Å²) in [7, 11) is 2.06. The van der Waals surface area contributed by atoms with Gasteiger partial charge in [0.15, 0.2) is 11.5 Å². The second-order valence-electron chi connectivity index (χ2n) is 7.27. The molecule has 7 nitrogen and oxygen atoms in total. The van der Waals surface area contributed by atoms with E-state index in [9.17, 15) is 0 Å². The summed E-state index contributed by atoms with van der Waals surface area (Å²) in [6.45, 7) is 5.35. The standard InChI is InChI=1S/C21H23N7/c1-14(2)12-27(3)18-8-7-15(10-24-18)16-11-25-21-19(17-6-4-5-9-23-17)20(22)26-28(21)13-16/h4-11,13-14H,12H2,1-3H3,(H2,22,26). The molecule has 0 amide bonds. The Kier molecular flexibility index (Phi) is 4.65. The van der Waals surface area contributed by atoms with Crippen LogP contribution in [0.1, 0.15) is 13.8 Å². The third-order valence-corrected chi connectivity index (χ3v) is 4.53. The van der Waals surface area contributed by atoms with Crippen molar-refractivity contribution in [1.29, 1.82) is 0 Å². The number of hydrogen-bond donors (Lipinski definition) is 1. The number of nitrogens with two attached hydrogens (primary N) is 1. The molecule has 0 radical (unpaired) electrons. The lowest BCUT2D eigenvalue weighted by Gasteiger charge is -2.20. The van der Waals surface area contributed by atoms with Crippen LogP contribution >= 0.6 is 0 Å². The normalized spacial score (nSPS) is 11.3. The molecule has 0 aliphatic heterocycles. The highest BCUT2D eigenvalue weighted by Crippen LogP contribution is 2.29. The first-order valence-electron chi connectivity index (χ1n) is 9.25. The summed E-state index contributed by atoms with van der Waals surface area (Å²) in [4.78, 5) is 15.7. The highest BCUT2D eigenvalue weighted by Gasteiger charge is 2.15. The van der Waals surface area contributed by atoms with Gasteiger partial charge in [-0.2, -0.15) is 0 Å². The van der Waals surface area contributed by atoms with Crippen molar-refractivity contribution in [3.63, 3.8) is 0 Å². The van der Waals surface area contributed by atoms with Gasteiger partial charge in [-0.3, -0.25) is 4.98 Å². The molecular weight excluding hydrogens is 350 g/mol. The predicted octanol–water partition coefficient (Wildman–Crippen LogP) is 3.53. The Labute approximate surface area is 163 Å². The van der Waals surface area contributed by atoms with Gasteiger partial charge in [0, 0.05) is 49.5 Å². The van der Waals surface area contributed by atoms with Crippen molar-refractivity contribution in [3.8, 4) is 22.4 Å². The summed E-state index contributed by atoms with van der Waals surface area (Å²) < 4.78 is 1.70. The fourth-order valence-electron chi connectivity index (χ4n) is 3.28. The smallest absolute Gasteiger partial charge is 0.166 e. The number of rotatable bonds is 5. The van der Waals surface area contributed by atoms with E-state index >= 15 is 0 Å². The van der Waals surface area contributed by atoms with E-state index in [4.69, 9.17) is 5.73 Å². The highest BCUT2D eigenvalue weighted by molar-refractivity contribution is 5.84. The molecule has 2 N–H and O–H groups in total. The Morgan fingerprint density at radius 1 is 1.04 bits per heavy atom. The molecule has 0 bridgehead atoms. The molecule has 0 spiro atoms. The van der Waals surface area contributed by atoms with Crippen LogP contribution in [0.25, 0.3) is 28.0 Å². The van der Waals surface area contributed by atoms with E-state index in [1.807, 2.05) is 42.9 Å². The van der Waals surface area contributed by atoms with Gasteiger partial charge in [-0.15, -0.1) is 5.10 Å². The highest BCUT2D eigenvalue weighted by atomic mass is 15.3. The minimum Gasteiger partial charge on any atom is -0.382 e. The molecule has 7 heteroatoms. The van der Waals surface area contributed by atoms with Crippen molar-refractivity contribution in [3.05, 3.63) is 55.1 Å². The molecule has 0 aliphatic rings. The van der Waals surface area contributed by atoms with Crippen LogP contribution in [-0.2, 0) is 0 Å². The molecular formula is C21H23N7. The van der Waals surface area contributed by atoms with Crippen molar-refractivity contribution >= 4 is 17.3 Å². The van der Waals surface area contributed by atoms with Crippen molar-refractivity contribution in [1.82, 2.24) is 24.6 Å². The van der Waals surface area contributed by atoms with Crippen LogP contribution in [-0.4, -0.2) is 38.2 Å². The molecule has 0 saturated heterocycles. The first-order valence-corrected chi connectivity index (χ1v) is 9.25. The SMILES string of the molecule is CC(C)CN(C)c1ccc(-c2cnc3c(-c4ccccn4)c(N)nn3c2)cn1. The third kappa shape index (κ3) is 3.38. The summed E-state index contributed by atoms with van der Waals surface area (Å²) >= 11 is 0. The fourth-order valence-corrected chi connectivity index (χ4v) is 3.28. The maximum atomic E-state index is 6.14. The number of pyridine rings is 2. The van der Waals surface area contributed by atoms with Crippen LogP contribution in [0.2, 0.25) is 0 Å². The number of anilines is 2. The number of nitrogens with zero attached hydrogens (tertiary/aromatic N) is 6. The summed E-state index contributed by atoms with van der Waals surface area (Å²) in [6.07, 6.45) is 7.33. The van der Waals surface area contributed by atoms with Crippen LogP contribution in [0.4, 0.5) is 11.6 Å². The van der Waals surface area contributed by atoms with Gasteiger partial charge in [-0.1, -0.05) is 19.9 Å². The summed E-state index contributed by atoms with van der Waals surface area (Å²) in [6, 6.07) is 9.77. The quantitative estimate of drug-likeness (QED) is 0.576. The van der Waals surface area contributed by atoms with Gasteiger partial charge >= 0.3 is 0 Å². The van der Waals surface area contributed by atoms with Crippen molar-refractivity contribution in [2.45, 2.75) is 13.8 Å². The van der Waals surface area contributed by atoms with Crippen LogP contribution in [0.3, 0.4) is 0 Å². The largest absolute Gasteiger partial charge is 0.382 e. The van der Waals surface area contributed by atoms with Crippen LogP contribution < -0.4 is 10.6 Å². The molecule has 4 aromatic heterocycles. The average molecular weight is 373 g/mol. The number of fused-ring (bicyclic) bond motifs is 1. The van der Waals surface area contributed by atoms with E-state index in [1.165, 1.54) is 0 Å². The average Bonchev–Trinajstić information content (AvgIpc) is 3.03. The molecule has 4 rings (SSSR count). The van der Waals surface area contributed by atoms with Crippen molar-refractivity contribution in [2.24, 2.45) is 5.92 Å². The summed E-state index contributed by atoms with van der Waals surface area (Å²) in [5.41, 5.74) is 10.2. The van der Waals surface area contributed by atoms with Gasteiger partial charge < -0.3 is 10.6 Å². The topological polar surface area (TPSA) is 85.2 Å². The predicted molar refractivity (Wildman–Crippen MR) is 112 cm³/mol. The lowest BCUT2D eigenvalue weighted by atomic mass is 10.1. The zero-order chi connectivity index (χ0) is 19.7. The molecule has 0 atom stereocenters. The first kappa shape index (κ1) is 17.9. The molecule has 28 heavy (non-hydrogen) atoms. The Hall–Kier alpha value is -3.48. The number of hydrogen-bond acceptors (Lipinski definition) is 6. The van der Waals surface area contributed by atoms with Gasteiger partial charge in [0.05, 0.1) is 11.3 Å². The van der Waals surface area contributed by atoms with E-state index in [1.54, 1.807) is 10.7 Å². The van der Waals surface area contributed by atoms with Gasteiger partial charge in [0.1, 0.15) is 5.82 Å². The van der Waals surface area contributed by atoms with Crippen LogP contribution in [0.5, 0.6) is 0 Å². The van der Waals surface area contributed by atoms with E-state index in [0.29, 0.717) is 17.4 Å². The van der Waals surface area contributed by atoms with E-state index in [0.717, 1.165) is 34.7 Å². The Bertz CT molecular complexity index is 1090. The minimum atomic E-state index is 0.409. The molecule has 0 unspecified atom stereocenters. The molecule has 4 aromatic rings. The maximum Gasteiger partial charge on any atom is 0.166 e. The number of nitrogen functional groups attached to an aromatic ring is 1.